The lowest BCUT2D eigenvalue weighted by molar-refractivity contribution is -0.113. The first-order valence-electron chi connectivity index (χ1n) is 10.7. The molecule has 2 aromatic heterocycles. The minimum atomic E-state index is -3.79. The first-order chi connectivity index (χ1) is 16.3. The molecule has 0 bridgehead atoms. The maximum Gasteiger partial charge on any atom is 0.263 e. The van der Waals surface area contributed by atoms with Gasteiger partial charge in [-0.15, -0.1) is 0 Å². The number of fused-ring (bicyclic) bond motifs is 1. The number of aromatic nitrogens is 2. The molecular weight excluding hydrogens is 470 g/mol. The second-order valence-electron chi connectivity index (χ2n) is 8.09. The number of aryl methyl sites for hydroxylation is 1. The molecule has 4 rings (SSSR count). The Hall–Kier alpha value is -3.42. The van der Waals surface area contributed by atoms with E-state index in [1.165, 1.54) is 42.2 Å². The molecule has 2 N–H and O–H groups in total. The van der Waals surface area contributed by atoms with Gasteiger partial charge in [0.25, 0.3) is 10.0 Å². The largest absolute Gasteiger partial charge is 0.325 e. The molecule has 1 aliphatic rings. The fourth-order valence-corrected chi connectivity index (χ4v) is 5.47. The molecule has 0 radical (unpaired) electrons. The number of nitriles is 1. The number of amides is 1. The summed E-state index contributed by atoms with van der Waals surface area (Å²) in [7, 11) is -3.79. The van der Waals surface area contributed by atoms with E-state index in [1.54, 1.807) is 18.2 Å². The molecule has 3 aromatic rings. The predicted octanol–water partition coefficient (Wildman–Crippen LogP) is 4.00. The van der Waals surface area contributed by atoms with Gasteiger partial charge in [0.15, 0.2) is 0 Å². The summed E-state index contributed by atoms with van der Waals surface area (Å²) < 4.78 is 27.4. The van der Waals surface area contributed by atoms with E-state index >= 15 is 0 Å². The molecule has 0 aliphatic heterocycles. The quantitative estimate of drug-likeness (QED) is 0.477. The number of anilines is 2. The molecule has 34 heavy (non-hydrogen) atoms. The molecule has 2 heterocycles. The molecule has 1 unspecified atom stereocenters. The number of pyridine rings is 2. The fraction of sp³-hybridized carbons (Fsp3) is 0.250. The molecular formula is C24H23N5O3S2. The van der Waals surface area contributed by atoms with Gasteiger partial charge in [-0.2, -0.15) is 5.26 Å². The van der Waals surface area contributed by atoms with Crippen LogP contribution in [0.15, 0.2) is 64.6 Å². The van der Waals surface area contributed by atoms with Crippen LogP contribution in [-0.2, 0) is 27.7 Å². The monoisotopic (exact) mass is 493 g/mol. The van der Waals surface area contributed by atoms with Crippen LogP contribution in [0.4, 0.5) is 11.5 Å². The van der Waals surface area contributed by atoms with E-state index in [4.69, 9.17) is 0 Å². The van der Waals surface area contributed by atoms with Gasteiger partial charge in [0.05, 0.1) is 16.2 Å². The van der Waals surface area contributed by atoms with Crippen molar-refractivity contribution in [3.05, 3.63) is 71.5 Å². The zero-order valence-electron chi connectivity index (χ0n) is 18.5. The van der Waals surface area contributed by atoms with Crippen LogP contribution in [0.3, 0.4) is 0 Å². The first-order valence-corrected chi connectivity index (χ1v) is 13.2. The third-order valence-corrected chi connectivity index (χ3v) is 7.77. The number of thioether (sulfide) groups is 1. The standard InChI is InChI=1S/C24H23N5O3S2/c1-16-5-10-21-17(12-16)13-18(14-25)24(28-21)33-15-23(30)27-19-6-8-20(9-7-19)34(31,32)29-22-4-2-3-11-26-22/h2-4,6-9,11,13,16H,5,10,12,15H2,1H3,(H,26,29)(H,27,30). The normalized spacial score (nSPS) is 15.1. The Labute approximate surface area is 202 Å². The van der Waals surface area contributed by atoms with Crippen molar-refractivity contribution in [2.24, 2.45) is 5.92 Å². The average Bonchev–Trinajstić information content (AvgIpc) is 2.83. The number of rotatable bonds is 7. The van der Waals surface area contributed by atoms with Crippen LogP contribution in [-0.4, -0.2) is 30.0 Å². The number of carbonyl (C=O) groups excluding carboxylic acids is 1. The molecule has 10 heteroatoms. The Kier molecular flexibility index (Phi) is 7.14. The molecule has 1 aliphatic carbocycles. The number of benzene rings is 1. The van der Waals surface area contributed by atoms with Gasteiger partial charge in [0.2, 0.25) is 5.91 Å². The van der Waals surface area contributed by atoms with E-state index < -0.39 is 10.0 Å². The summed E-state index contributed by atoms with van der Waals surface area (Å²) in [4.78, 5) is 21.1. The average molecular weight is 494 g/mol. The molecule has 174 valence electrons. The van der Waals surface area contributed by atoms with Crippen LogP contribution in [0.5, 0.6) is 0 Å². The summed E-state index contributed by atoms with van der Waals surface area (Å²) in [6.45, 7) is 2.20. The van der Waals surface area contributed by atoms with Crippen molar-refractivity contribution in [1.82, 2.24) is 9.97 Å². The smallest absolute Gasteiger partial charge is 0.263 e. The summed E-state index contributed by atoms with van der Waals surface area (Å²) in [6, 6.07) is 14.9. The van der Waals surface area contributed by atoms with E-state index in [2.05, 4.69) is 33.0 Å². The van der Waals surface area contributed by atoms with Crippen molar-refractivity contribution in [1.29, 1.82) is 5.26 Å². The Balaban J connectivity index is 1.37. The maximum atomic E-state index is 12.5. The molecule has 1 amide bonds. The van der Waals surface area contributed by atoms with Crippen LogP contribution in [0, 0.1) is 17.2 Å². The first kappa shape index (κ1) is 23.7. The van der Waals surface area contributed by atoms with Crippen LogP contribution < -0.4 is 10.0 Å². The molecule has 1 aromatic carbocycles. The molecule has 8 nitrogen and oxygen atoms in total. The molecule has 1 atom stereocenters. The highest BCUT2D eigenvalue weighted by atomic mass is 32.2. The highest BCUT2D eigenvalue weighted by molar-refractivity contribution is 8.00. The van der Waals surface area contributed by atoms with Gasteiger partial charge in [-0.1, -0.05) is 24.8 Å². The fourth-order valence-electron chi connectivity index (χ4n) is 3.69. The van der Waals surface area contributed by atoms with Gasteiger partial charge in [-0.25, -0.2) is 18.4 Å². The Morgan fingerprint density at radius 3 is 2.74 bits per heavy atom. The van der Waals surface area contributed by atoms with Gasteiger partial charge in [0, 0.05) is 17.6 Å². The predicted molar refractivity (Wildman–Crippen MR) is 131 cm³/mol. The lowest BCUT2D eigenvalue weighted by atomic mass is 9.87. The number of sulfonamides is 1. The molecule has 0 fully saturated rings. The molecule has 0 spiro atoms. The van der Waals surface area contributed by atoms with Crippen LogP contribution in [0.2, 0.25) is 0 Å². The zero-order chi connectivity index (χ0) is 24.1. The third-order valence-electron chi connectivity index (χ3n) is 5.41. The summed E-state index contributed by atoms with van der Waals surface area (Å²) in [5.74, 6) is 0.610. The van der Waals surface area contributed by atoms with Crippen LogP contribution in [0.1, 0.15) is 30.2 Å². The van der Waals surface area contributed by atoms with Gasteiger partial charge < -0.3 is 5.32 Å². The van der Waals surface area contributed by atoms with Crippen molar-refractivity contribution in [3.63, 3.8) is 0 Å². The van der Waals surface area contributed by atoms with Crippen molar-refractivity contribution < 1.29 is 13.2 Å². The van der Waals surface area contributed by atoms with Gasteiger partial charge in [-0.3, -0.25) is 9.52 Å². The van der Waals surface area contributed by atoms with Crippen LogP contribution in [0.25, 0.3) is 0 Å². The van der Waals surface area contributed by atoms with E-state index in [0.717, 1.165) is 30.5 Å². The number of carbonyl (C=O) groups is 1. The van der Waals surface area contributed by atoms with Crippen LogP contribution >= 0.6 is 11.8 Å². The van der Waals surface area contributed by atoms with Crippen molar-refractivity contribution in [2.75, 3.05) is 15.8 Å². The van der Waals surface area contributed by atoms with Gasteiger partial charge in [-0.05, 0) is 73.2 Å². The molecule has 0 saturated heterocycles. The Morgan fingerprint density at radius 2 is 2.03 bits per heavy atom. The summed E-state index contributed by atoms with van der Waals surface area (Å²) in [5, 5.41) is 12.8. The number of hydrogen-bond donors (Lipinski definition) is 2. The van der Waals surface area contributed by atoms with E-state index in [1.807, 2.05) is 6.07 Å². The number of hydrogen-bond acceptors (Lipinski definition) is 7. The highest BCUT2D eigenvalue weighted by Gasteiger charge is 2.20. The summed E-state index contributed by atoms with van der Waals surface area (Å²) in [5.41, 5.74) is 3.09. The SMILES string of the molecule is CC1CCc2nc(SCC(=O)Nc3ccc(S(=O)(=O)Nc4ccccn4)cc3)c(C#N)cc2C1. The highest BCUT2D eigenvalue weighted by Crippen LogP contribution is 2.29. The summed E-state index contributed by atoms with van der Waals surface area (Å²) in [6.07, 6.45) is 4.37. The van der Waals surface area contributed by atoms with Crippen molar-refractivity contribution in [2.45, 2.75) is 36.1 Å². The van der Waals surface area contributed by atoms with E-state index in [9.17, 15) is 18.5 Å². The Morgan fingerprint density at radius 1 is 1.24 bits per heavy atom. The van der Waals surface area contributed by atoms with Crippen molar-refractivity contribution in [3.8, 4) is 6.07 Å². The van der Waals surface area contributed by atoms with Gasteiger partial charge >= 0.3 is 0 Å². The Bertz CT molecular complexity index is 1340. The lowest BCUT2D eigenvalue weighted by Crippen LogP contribution is -2.16. The topological polar surface area (TPSA) is 125 Å². The van der Waals surface area contributed by atoms with Crippen molar-refractivity contribution >= 4 is 39.2 Å². The summed E-state index contributed by atoms with van der Waals surface area (Å²) >= 11 is 1.22. The minimum Gasteiger partial charge on any atom is -0.325 e. The van der Waals surface area contributed by atoms with E-state index in [0.29, 0.717) is 22.2 Å². The number of nitrogens with zero attached hydrogens (tertiary/aromatic N) is 3. The minimum absolute atomic E-state index is 0.0526. The zero-order valence-corrected chi connectivity index (χ0v) is 20.1. The second kappa shape index (κ2) is 10.2. The molecule has 0 saturated carbocycles. The van der Waals surface area contributed by atoms with E-state index in [-0.39, 0.29) is 22.4 Å². The number of nitrogens with one attached hydrogen (secondary N) is 2. The lowest BCUT2D eigenvalue weighted by Gasteiger charge is -2.21. The third kappa shape index (κ3) is 5.73. The van der Waals surface area contributed by atoms with Gasteiger partial charge in [0.1, 0.15) is 16.9 Å². The second-order valence-corrected chi connectivity index (χ2v) is 10.7. The maximum absolute atomic E-state index is 12.5.